The van der Waals surface area contributed by atoms with Gasteiger partial charge in [-0.1, -0.05) is 30.3 Å². The summed E-state index contributed by atoms with van der Waals surface area (Å²) in [4.78, 5) is 11.1. The molecule has 1 atom stereocenters. The standard InChI is InChI=1S/C12H12N2O/c13-8-12(7-6-11(15)14-9-12)10-4-2-1-3-5-10/h1-5H,6-7,9H2,(H,14,15). The molecule has 1 unspecified atom stereocenters. The van der Waals surface area contributed by atoms with Crippen molar-refractivity contribution in [3.8, 4) is 6.07 Å². The van der Waals surface area contributed by atoms with Gasteiger partial charge < -0.3 is 5.32 Å². The minimum atomic E-state index is -0.533. The lowest BCUT2D eigenvalue weighted by atomic mass is 9.76. The van der Waals surface area contributed by atoms with E-state index in [-0.39, 0.29) is 5.91 Å². The number of rotatable bonds is 1. The van der Waals surface area contributed by atoms with Gasteiger partial charge in [0.05, 0.1) is 11.5 Å². The van der Waals surface area contributed by atoms with Crippen molar-refractivity contribution in [1.29, 1.82) is 5.26 Å². The van der Waals surface area contributed by atoms with E-state index in [1.807, 2.05) is 30.3 Å². The number of hydrogen-bond acceptors (Lipinski definition) is 2. The van der Waals surface area contributed by atoms with Gasteiger partial charge in [-0.15, -0.1) is 0 Å². The number of nitriles is 1. The highest BCUT2D eigenvalue weighted by Crippen LogP contribution is 2.30. The number of hydrogen-bond donors (Lipinski definition) is 1. The lowest BCUT2D eigenvalue weighted by Gasteiger charge is -2.31. The Morgan fingerprint density at radius 2 is 2.07 bits per heavy atom. The molecule has 0 radical (unpaired) electrons. The molecule has 0 aromatic heterocycles. The molecule has 1 aromatic carbocycles. The van der Waals surface area contributed by atoms with E-state index in [4.69, 9.17) is 0 Å². The number of carbonyl (C=O) groups excluding carboxylic acids is 1. The van der Waals surface area contributed by atoms with E-state index in [0.29, 0.717) is 19.4 Å². The number of nitrogens with one attached hydrogen (secondary N) is 1. The van der Waals surface area contributed by atoms with Gasteiger partial charge in [-0.05, 0) is 12.0 Å². The van der Waals surface area contributed by atoms with Gasteiger partial charge in [0.15, 0.2) is 0 Å². The highest BCUT2D eigenvalue weighted by Gasteiger charge is 2.36. The monoisotopic (exact) mass is 200 g/mol. The Morgan fingerprint density at radius 3 is 2.60 bits per heavy atom. The molecule has 15 heavy (non-hydrogen) atoms. The first kappa shape index (κ1) is 9.72. The van der Waals surface area contributed by atoms with Gasteiger partial charge in [0.2, 0.25) is 5.91 Å². The number of piperidine rings is 1. The van der Waals surface area contributed by atoms with Crippen LogP contribution in [0.5, 0.6) is 0 Å². The van der Waals surface area contributed by atoms with Gasteiger partial charge in [-0.2, -0.15) is 5.26 Å². The van der Waals surface area contributed by atoms with Crippen molar-refractivity contribution in [2.45, 2.75) is 18.3 Å². The summed E-state index contributed by atoms with van der Waals surface area (Å²) < 4.78 is 0. The van der Waals surface area contributed by atoms with Crippen LogP contribution >= 0.6 is 0 Å². The minimum absolute atomic E-state index is 0.0387. The molecule has 3 nitrogen and oxygen atoms in total. The van der Waals surface area contributed by atoms with Crippen LogP contribution in [0.1, 0.15) is 18.4 Å². The Hall–Kier alpha value is -1.82. The molecular formula is C12H12N2O. The molecular weight excluding hydrogens is 188 g/mol. The molecule has 0 spiro atoms. The SMILES string of the molecule is N#CC1(c2ccccc2)CCC(=O)NC1. The quantitative estimate of drug-likeness (QED) is 0.744. The summed E-state index contributed by atoms with van der Waals surface area (Å²) in [6, 6.07) is 12.0. The van der Waals surface area contributed by atoms with Gasteiger partial charge in [0, 0.05) is 13.0 Å². The van der Waals surface area contributed by atoms with Crippen LogP contribution in [0.3, 0.4) is 0 Å². The van der Waals surface area contributed by atoms with E-state index < -0.39 is 5.41 Å². The van der Waals surface area contributed by atoms with Crippen LogP contribution in [0.4, 0.5) is 0 Å². The van der Waals surface area contributed by atoms with E-state index in [2.05, 4.69) is 11.4 Å². The smallest absolute Gasteiger partial charge is 0.220 e. The second-order valence-corrected chi connectivity index (χ2v) is 3.84. The summed E-state index contributed by atoms with van der Waals surface area (Å²) in [6.07, 6.45) is 1.04. The Morgan fingerprint density at radius 1 is 1.33 bits per heavy atom. The Bertz CT molecular complexity index is 395. The van der Waals surface area contributed by atoms with Crippen LogP contribution in [0.25, 0.3) is 0 Å². The second kappa shape index (κ2) is 3.74. The van der Waals surface area contributed by atoms with E-state index >= 15 is 0 Å². The number of nitrogens with zero attached hydrogens (tertiary/aromatic N) is 1. The first-order valence-corrected chi connectivity index (χ1v) is 5.00. The molecule has 1 aromatic rings. The Labute approximate surface area is 88.7 Å². The summed E-state index contributed by atoms with van der Waals surface area (Å²) in [5.41, 5.74) is 0.460. The summed E-state index contributed by atoms with van der Waals surface area (Å²) >= 11 is 0. The number of amides is 1. The van der Waals surface area contributed by atoms with Crippen molar-refractivity contribution < 1.29 is 4.79 Å². The summed E-state index contributed by atoms with van der Waals surface area (Å²) in [6.45, 7) is 0.423. The van der Waals surface area contributed by atoms with Crippen molar-refractivity contribution in [3.63, 3.8) is 0 Å². The first-order chi connectivity index (χ1) is 7.27. The van der Waals surface area contributed by atoms with Gasteiger partial charge in [-0.25, -0.2) is 0 Å². The zero-order chi connectivity index (χ0) is 10.7. The first-order valence-electron chi connectivity index (χ1n) is 5.00. The maximum Gasteiger partial charge on any atom is 0.220 e. The third-order valence-corrected chi connectivity index (χ3v) is 2.91. The van der Waals surface area contributed by atoms with Crippen LogP contribution in [0.15, 0.2) is 30.3 Å². The second-order valence-electron chi connectivity index (χ2n) is 3.84. The number of carbonyl (C=O) groups is 1. The fourth-order valence-corrected chi connectivity index (χ4v) is 1.92. The maximum atomic E-state index is 11.1. The molecule has 3 heteroatoms. The van der Waals surface area contributed by atoms with Crippen LogP contribution < -0.4 is 5.32 Å². The molecule has 1 saturated heterocycles. The Balaban J connectivity index is 2.32. The van der Waals surface area contributed by atoms with Crippen LogP contribution in [0, 0.1) is 11.3 Å². The zero-order valence-electron chi connectivity index (χ0n) is 8.36. The van der Waals surface area contributed by atoms with Crippen LogP contribution in [0.2, 0.25) is 0 Å². The van der Waals surface area contributed by atoms with Gasteiger partial charge in [0.25, 0.3) is 0 Å². The molecule has 76 valence electrons. The lowest BCUT2D eigenvalue weighted by Crippen LogP contribution is -2.45. The average molecular weight is 200 g/mol. The number of benzene rings is 1. The third-order valence-electron chi connectivity index (χ3n) is 2.91. The predicted octanol–water partition coefficient (Wildman–Crippen LogP) is 1.36. The molecule has 2 rings (SSSR count). The van der Waals surface area contributed by atoms with Crippen molar-refractivity contribution >= 4 is 5.91 Å². The van der Waals surface area contributed by atoms with E-state index in [1.54, 1.807) is 0 Å². The fourth-order valence-electron chi connectivity index (χ4n) is 1.92. The van der Waals surface area contributed by atoms with Crippen LogP contribution in [-0.4, -0.2) is 12.5 Å². The molecule has 1 amide bonds. The van der Waals surface area contributed by atoms with Crippen molar-refractivity contribution in [3.05, 3.63) is 35.9 Å². The topological polar surface area (TPSA) is 52.9 Å². The van der Waals surface area contributed by atoms with Crippen molar-refractivity contribution in [2.75, 3.05) is 6.54 Å². The average Bonchev–Trinajstić information content (AvgIpc) is 2.32. The highest BCUT2D eigenvalue weighted by atomic mass is 16.1. The third kappa shape index (κ3) is 1.71. The normalized spacial score (nSPS) is 25.4. The molecule has 0 bridgehead atoms. The predicted molar refractivity (Wildman–Crippen MR) is 56.0 cm³/mol. The van der Waals surface area contributed by atoms with Crippen LogP contribution in [-0.2, 0) is 10.2 Å². The largest absolute Gasteiger partial charge is 0.354 e. The van der Waals surface area contributed by atoms with E-state index in [0.717, 1.165) is 5.56 Å². The minimum Gasteiger partial charge on any atom is -0.354 e. The van der Waals surface area contributed by atoms with Gasteiger partial charge >= 0.3 is 0 Å². The van der Waals surface area contributed by atoms with Crippen molar-refractivity contribution in [2.24, 2.45) is 0 Å². The zero-order valence-corrected chi connectivity index (χ0v) is 8.36. The Kier molecular flexibility index (Phi) is 2.42. The van der Waals surface area contributed by atoms with Crippen molar-refractivity contribution in [1.82, 2.24) is 5.32 Å². The van der Waals surface area contributed by atoms with Gasteiger partial charge in [-0.3, -0.25) is 4.79 Å². The molecule has 1 heterocycles. The molecule has 1 aliphatic rings. The van der Waals surface area contributed by atoms with E-state index in [9.17, 15) is 10.1 Å². The van der Waals surface area contributed by atoms with Gasteiger partial charge in [0.1, 0.15) is 0 Å². The molecule has 1 aliphatic heterocycles. The molecule has 0 saturated carbocycles. The summed E-state index contributed by atoms with van der Waals surface area (Å²) in [7, 11) is 0. The summed E-state index contributed by atoms with van der Waals surface area (Å²) in [5, 5.41) is 12.0. The molecule has 0 aliphatic carbocycles. The molecule has 1 N–H and O–H groups in total. The summed E-state index contributed by atoms with van der Waals surface area (Å²) in [5.74, 6) is 0.0387. The lowest BCUT2D eigenvalue weighted by molar-refractivity contribution is -0.122. The maximum absolute atomic E-state index is 11.1. The fraction of sp³-hybridized carbons (Fsp3) is 0.333. The van der Waals surface area contributed by atoms with E-state index in [1.165, 1.54) is 0 Å². The highest BCUT2D eigenvalue weighted by molar-refractivity contribution is 5.77. The molecule has 1 fully saturated rings.